The lowest BCUT2D eigenvalue weighted by Gasteiger charge is -2.31. The first kappa shape index (κ1) is 29.1. The second kappa shape index (κ2) is 10.4. The zero-order valence-electron chi connectivity index (χ0n) is 19.4. The van der Waals surface area contributed by atoms with Gasteiger partial charge in [0.1, 0.15) is 0 Å². The van der Waals surface area contributed by atoms with Crippen molar-refractivity contribution in [2.45, 2.75) is 24.9 Å². The van der Waals surface area contributed by atoms with Gasteiger partial charge in [-0.25, -0.2) is 8.78 Å². The monoisotopic (exact) mass is 608 g/mol. The second-order valence-corrected chi connectivity index (χ2v) is 8.98. The van der Waals surface area contributed by atoms with E-state index in [0.29, 0.717) is 6.07 Å². The fourth-order valence-corrected chi connectivity index (χ4v) is 4.27. The maximum atomic E-state index is 15.3. The van der Waals surface area contributed by atoms with E-state index < -0.39 is 51.3 Å². The van der Waals surface area contributed by atoms with E-state index in [2.05, 4.69) is 21.2 Å². The number of rotatable bonds is 5. The third kappa shape index (κ3) is 5.24. The zero-order chi connectivity index (χ0) is 28.6. The molecular weight excluding hydrogens is 592 g/mol. The number of alkyl halides is 7. The summed E-state index contributed by atoms with van der Waals surface area (Å²) in [4.78, 5) is 26.5. The highest BCUT2D eigenvalue weighted by Gasteiger charge is 2.73. The van der Waals surface area contributed by atoms with Crippen molar-refractivity contribution in [3.8, 4) is 0 Å². The van der Waals surface area contributed by atoms with E-state index in [0.717, 1.165) is 17.9 Å². The van der Waals surface area contributed by atoms with E-state index in [1.165, 1.54) is 31.3 Å². The van der Waals surface area contributed by atoms with E-state index in [4.69, 9.17) is 0 Å². The Kier molecular flexibility index (Phi) is 7.92. The van der Waals surface area contributed by atoms with Gasteiger partial charge in [-0.05, 0) is 58.7 Å². The molecule has 0 radical (unpaired) electrons. The number of halogens is 9. The van der Waals surface area contributed by atoms with Crippen LogP contribution in [0.2, 0.25) is 0 Å². The molecule has 3 aromatic rings. The van der Waals surface area contributed by atoms with Gasteiger partial charge >= 0.3 is 18.0 Å². The third-order valence-corrected chi connectivity index (χ3v) is 6.24. The smallest absolute Gasteiger partial charge is 0.321 e. The Bertz CT molecular complexity index is 1340. The first-order valence-electron chi connectivity index (χ1n) is 10.6. The largest absolute Gasteiger partial charge is 0.435 e. The van der Waals surface area contributed by atoms with Crippen LogP contribution in [0.4, 0.5) is 46.5 Å². The Morgan fingerprint density at radius 3 is 1.97 bits per heavy atom. The molecule has 0 aliphatic rings. The van der Waals surface area contributed by atoms with Crippen LogP contribution in [0, 0.1) is 12.7 Å². The molecule has 3 aromatic carbocycles. The first-order chi connectivity index (χ1) is 17.5. The highest BCUT2D eigenvalue weighted by Crippen LogP contribution is 2.54. The summed E-state index contributed by atoms with van der Waals surface area (Å²) in [5, 5.41) is 2.20. The van der Waals surface area contributed by atoms with Crippen LogP contribution in [-0.4, -0.2) is 31.2 Å². The van der Waals surface area contributed by atoms with Crippen LogP contribution in [-0.2, 0) is 5.67 Å². The van der Waals surface area contributed by atoms with Gasteiger partial charge in [-0.15, -0.1) is 0 Å². The van der Waals surface area contributed by atoms with Gasteiger partial charge in [0.05, 0.1) is 16.9 Å². The molecule has 0 atom stereocenters. The van der Waals surface area contributed by atoms with Gasteiger partial charge in [-0.2, -0.15) is 26.3 Å². The minimum absolute atomic E-state index is 0.239. The van der Waals surface area contributed by atoms with Crippen LogP contribution in [0.25, 0.3) is 0 Å². The summed E-state index contributed by atoms with van der Waals surface area (Å²) in [6, 6.07) is 12.0. The summed E-state index contributed by atoms with van der Waals surface area (Å²) in [6.07, 6.45) is -12.6. The zero-order valence-corrected chi connectivity index (χ0v) is 21.0. The molecule has 1 N–H and O–H groups in total. The van der Waals surface area contributed by atoms with E-state index in [1.54, 1.807) is 18.2 Å². The lowest BCUT2D eigenvalue weighted by Crippen LogP contribution is -2.50. The second-order valence-electron chi connectivity index (χ2n) is 8.13. The lowest BCUT2D eigenvalue weighted by molar-refractivity contribution is -0.348. The van der Waals surface area contributed by atoms with Crippen molar-refractivity contribution in [3.05, 3.63) is 93.2 Å². The minimum atomic E-state index is -6.32. The van der Waals surface area contributed by atoms with Crippen molar-refractivity contribution in [1.29, 1.82) is 0 Å². The van der Waals surface area contributed by atoms with Crippen molar-refractivity contribution >= 4 is 39.1 Å². The number of aryl methyl sites for hydroxylation is 1. The van der Waals surface area contributed by atoms with Gasteiger partial charge in [-0.3, -0.25) is 9.59 Å². The van der Waals surface area contributed by atoms with Gasteiger partial charge < -0.3 is 10.2 Å². The summed E-state index contributed by atoms with van der Waals surface area (Å²) in [5.41, 5.74) is -8.72. The Balaban J connectivity index is 1.96. The number of hydrogen-bond acceptors (Lipinski definition) is 2. The number of amides is 2. The summed E-state index contributed by atoms with van der Waals surface area (Å²) in [6.45, 7) is 1.04. The van der Waals surface area contributed by atoms with Crippen molar-refractivity contribution in [3.63, 3.8) is 0 Å². The van der Waals surface area contributed by atoms with Gasteiger partial charge in [0.15, 0.2) is 5.82 Å². The van der Waals surface area contributed by atoms with E-state index >= 15 is 4.39 Å². The van der Waals surface area contributed by atoms with Gasteiger partial charge in [0.2, 0.25) is 0 Å². The molecule has 2 amide bonds. The van der Waals surface area contributed by atoms with Crippen molar-refractivity contribution in [2.24, 2.45) is 0 Å². The molecule has 202 valence electrons. The molecule has 0 spiro atoms. The molecule has 0 saturated carbocycles. The predicted octanol–water partition coefficient (Wildman–Crippen LogP) is 7.71. The topological polar surface area (TPSA) is 49.4 Å². The highest BCUT2D eigenvalue weighted by molar-refractivity contribution is 9.10. The SMILES string of the molecule is Cc1cc(C(F)(C(F)(F)F)C(F)(F)F)cc(Br)c1NC(=O)c1cccc(N(C)C(=O)c2ccccc2)c1F. The van der Waals surface area contributed by atoms with E-state index in [1.807, 2.05) is 0 Å². The Morgan fingerprint density at radius 1 is 0.868 bits per heavy atom. The Hall–Kier alpha value is -3.48. The minimum Gasteiger partial charge on any atom is -0.321 e. The maximum absolute atomic E-state index is 15.3. The molecule has 0 unspecified atom stereocenters. The number of benzene rings is 3. The Labute approximate surface area is 219 Å². The first-order valence-corrected chi connectivity index (χ1v) is 11.4. The number of hydrogen-bond donors (Lipinski definition) is 1. The van der Waals surface area contributed by atoms with Crippen LogP contribution in [0.3, 0.4) is 0 Å². The number of carbonyl (C=O) groups excluding carboxylic acids is 2. The molecule has 0 aromatic heterocycles. The van der Waals surface area contributed by atoms with Gasteiger partial charge in [0.25, 0.3) is 11.8 Å². The van der Waals surface area contributed by atoms with Crippen molar-refractivity contribution in [1.82, 2.24) is 0 Å². The van der Waals surface area contributed by atoms with E-state index in [-0.39, 0.29) is 28.6 Å². The molecule has 13 heteroatoms. The fraction of sp³-hybridized carbons (Fsp3) is 0.200. The Morgan fingerprint density at radius 2 is 1.45 bits per heavy atom. The summed E-state index contributed by atoms with van der Waals surface area (Å²) in [5.74, 6) is -2.82. The van der Waals surface area contributed by atoms with E-state index in [9.17, 15) is 40.3 Å². The highest BCUT2D eigenvalue weighted by atomic mass is 79.9. The molecule has 0 heterocycles. The van der Waals surface area contributed by atoms with Crippen LogP contribution >= 0.6 is 15.9 Å². The molecular formula is C25H17BrF8N2O2. The number of carbonyl (C=O) groups is 2. The molecule has 0 saturated heterocycles. The van der Waals surface area contributed by atoms with Gasteiger partial charge in [0, 0.05) is 22.6 Å². The summed E-state index contributed by atoms with van der Waals surface area (Å²) >= 11 is 2.76. The van der Waals surface area contributed by atoms with Crippen molar-refractivity contribution in [2.75, 3.05) is 17.3 Å². The number of nitrogens with one attached hydrogen (secondary N) is 1. The average molecular weight is 609 g/mol. The molecule has 38 heavy (non-hydrogen) atoms. The lowest BCUT2D eigenvalue weighted by atomic mass is 9.92. The summed E-state index contributed by atoms with van der Waals surface area (Å²) in [7, 11) is 1.28. The third-order valence-electron chi connectivity index (χ3n) is 5.61. The summed E-state index contributed by atoms with van der Waals surface area (Å²) < 4.78 is 108. The maximum Gasteiger partial charge on any atom is 0.435 e. The molecule has 3 rings (SSSR count). The number of nitrogens with zero attached hydrogens (tertiary/aromatic N) is 1. The van der Waals surface area contributed by atoms with Crippen LogP contribution in [0.15, 0.2) is 65.1 Å². The molecule has 4 nitrogen and oxygen atoms in total. The molecule has 0 aliphatic heterocycles. The standard InChI is InChI=1S/C25H17BrF8N2O2/c1-13-11-15(23(28,24(29,30)31)25(32,33)34)12-17(26)20(13)35-21(37)16-9-6-10-18(19(16)27)36(2)22(38)14-7-4-3-5-8-14/h3-12H,1-2H3,(H,35,37). The molecule has 0 bridgehead atoms. The molecule has 0 fully saturated rings. The van der Waals surface area contributed by atoms with Crippen molar-refractivity contribution < 1.29 is 44.7 Å². The number of anilines is 2. The van der Waals surface area contributed by atoms with Gasteiger partial charge in [-0.1, -0.05) is 30.3 Å². The van der Waals surface area contributed by atoms with Crippen LogP contribution in [0.1, 0.15) is 31.8 Å². The fourth-order valence-electron chi connectivity index (χ4n) is 3.61. The van der Waals surface area contributed by atoms with Crippen LogP contribution in [0.5, 0.6) is 0 Å². The normalized spacial score (nSPS) is 12.3. The quantitative estimate of drug-likeness (QED) is 0.302. The van der Waals surface area contributed by atoms with Crippen LogP contribution < -0.4 is 10.2 Å². The molecule has 0 aliphatic carbocycles. The average Bonchev–Trinajstić information content (AvgIpc) is 2.83. The predicted molar refractivity (Wildman–Crippen MR) is 127 cm³/mol.